The highest BCUT2D eigenvalue weighted by Gasteiger charge is 2.44. The Hall–Kier alpha value is -1.39. The third-order valence-electron chi connectivity index (χ3n) is 6.11. The molecule has 3 aliphatic rings. The summed E-state index contributed by atoms with van der Waals surface area (Å²) in [4.78, 5) is 14.8. The van der Waals surface area contributed by atoms with Gasteiger partial charge in [-0.25, -0.2) is 0 Å². The summed E-state index contributed by atoms with van der Waals surface area (Å²) in [6.07, 6.45) is 7.58. The second-order valence-electron chi connectivity index (χ2n) is 7.55. The number of rotatable bonds is 1. The second kappa shape index (κ2) is 6.49. The zero-order chi connectivity index (χ0) is 16.6. The SMILES string of the molecule is O=C(c1ccc2c(c1)CCCC2)N1CCC2(CC1)OCCCC2O. The van der Waals surface area contributed by atoms with Crippen LogP contribution in [0.2, 0.25) is 0 Å². The molecule has 2 fully saturated rings. The Morgan fingerprint density at radius 3 is 2.62 bits per heavy atom. The Bertz CT molecular complexity index is 619. The summed E-state index contributed by atoms with van der Waals surface area (Å²) in [7, 11) is 0. The molecule has 1 aliphatic carbocycles. The summed E-state index contributed by atoms with van der Waals surface area (Å²) >= 11 is 0. The number of hydrogen-bond donors (Lipinski definition) is 1. The van der Waals surface area contributed by atoms with Crippen molar-refractivity contribution in [2.24, 2.45) is 0 Å². The predicted molar refractivity (Wildman–Crippen MR) is 92.1 cm³/mol. The van der Waals surface area contributed by atoms with Gasteiger partial charge in [-0.15, -0.1) is 0 Å². The van der Waals surface area contributed by atoms with E-state index in [1.807, 2.05) is 11.0 Å². The molecular formula is C20H27NO3. The fourth-order valence-corrected chi connectivity index (χ4v) is 4.53. The molecule has 4 heteroatoms. The van der Waals surface area contributed by atoms with E-state index in [9.17, 15) is 9.90 Å². The van der Waals surface area contributed by atoms with Gasteiger partial charge >= 0.3 is 0 Å². The van der Waals surface area contributed by atoms with Crippen LogP contribution in [0, 0.1) is 0 Å². The monoisotopic (exact) mass is 329 g/mol. The van der Waals surface area contributed by atoms with E-state index >= 15 is 0 Å². The smallest absolute Gasteiger partial charge is 0.253 e. The summed E-state index contributed by atoms with van der Waals surface area (Å²) < 4.78 is 5.94. The van der Waals surface area contributed by atoms with E-state index in [1.165, 1.54) is 24.0 Å². The highest BCUT2D eigenvalue weighted by molar-refractivity contribution is 5.94. The van der Waals surface area contributed by atoms with Gasteiger partial charge in [-0.2, -0.15) is 0 Å². The number of carbonyl (C=O) groups excluding carboxylic acids is 1. The highest BCUT2D eigenvalue weighted by Crippen LogP contribution is 2.35. The van der Waals surface area contributed by atoms with Crippen LogP contribution in [0.25, 0.3) is 0 Å². The van der Waals surface area contributed by atoms with Crippen molar-refractivity contribution >= 4 is 5.91 Å². The Morgan fingerprint density at radius 2 is 1.88 bits per heavy atom. The molecule has 0 bridgehead atoms. The van der Waals surface area contributed by atoms with Gasteiger partial charge < -0.3 is 14.7 Å². The van der Waals surface area contributed by atoms with E-state index in [0.29, 0.717) is 13.1 Å². The molecule has 4 nitrogen and oxygen atoms in total. The lowest BCUT2D eigenvalue weighted by Crippen LogP contribution is -2.56. The Kier molecular flexibility index (Phi) is 4.35. The first-order chi connectivity index (χ1) is 11.7. The maximum absolute atomic E-state index is 12.9. The minimum atomic E-state index is -0.412. The fourth-order valence-electron chi connectivity index (χ4n) is 4.53. The predicted octanol–water partition coefficient (Wildman–Crippen LogP) is 2.71. The van der Waals surface area contributed by atoms with E-state index in [-0.39, 0.29) is 12.0 Å². The summed E-state index contributed by atoms with van der Waals surface area (Å²) in [5.74, 6) is 0.128. The summed E-state index contributed by atoms with van der Waals surface area (Å²) in [6.45, 7) is 2.08. The number of aryl methyl sites for hydroxylation is 2. The molecule has 0 saturated carbocycles. The molecule has 1 spiro atoms. The van der Waals surface area contributed by atoms with Crippen molar-refractivity contribution in [1.82, 2.24) is 4.90 Å². The molecule has 1 unspecified atom stereocenters. The van der Waals surface area contributed by atoms with Crippen LogP contribution in [0.3, 0.4) is 0 Å². The number of aliphatic hydroxyl groups excluding tert-OH is 1. The van der Waals surface area contributed by atoms with Crippen LogP contribution in [-0.4, -0.2) is 47.3 Å². The number of amides is 1. The first kappa shape index (κ1) is 16.1. The third-order valence-corrected chi connectivity index (χ3v) is 6.11. The van der Waals surface area contributed by atoms with Gasteiger partial charge in [0.2, 0.25) is 0 Å². The van der Waals surface area contributed by atoms with Crippen molar-refractivity contribution in [3.8, 4) is 0 Å². The Balaban J connectivity index is 1.45. The number of aliphatic hydroxyl groups is 1. The molecule has 1 aromatic carbocycles. The van der Waals surface area contributed by atoms with Crippen molar-refractivity contribution in [3.05, 3.63) is 34.9 Å². The average Bonchev–Trinajstić information content (AvgIpc) is 2.64. The van der Waals surface area contributed by atoms with E-state index in [4.69, 9.17) is 4.74 Å². The molecule has 1 amide bonds. The van der Waals surface area contributed by atoms with Gasteiger partial charge in [-0.05, 0) is 74.6 Å². The standard InChI is InChI=1S/C20H27NO3/c22-18-6-3-13-24-20(18)9-11-21(12-10-20)19(23)17-8-7-15-4-1-2-5-16(15)14-17/h7-8,14,18,22H,1-6,9-13H2. The van der Waals surface area contributed by atoms with Crippen molar-refractivity contribution in [1.29, 1.82) is 0 Å². The van der Waals surface area contributed by atoms with Crippen molar-refractivity contribution in [2.45, 2.75) is 63.1 Å². The van der Waals surface area contributed by atoms with E-state index < -0.39 is 5.60 Å². The van der Waals surface area contributed by atoms with Crippen LogP contribution in [0.5, 0.6) is 0 Å². The molecule has 0 aromatic heterocycles. The summed E-state index contributed by atoms with van der Waals surface area (Å²) in [5.41, 5.74) is 3.17. The van der Waals surface area contributed by atoms with Gasteiger partial charge in [0.15, 0.2) is 0 Å². The molecular weight excluding hydrogens is 302 g/mol. The Morgan fingerprint density at radius 1 is 1.12 bits per heavy atom. The van der Waals surface area contributed by atoms with Crippen LogP contribution >= 0.6 is 0 Å². The quantitative estimate of drug-likeness (QED) is 0.862. The number of likely N-dealkylation sites (tertiary alicyclic amines) is 1. The van der Waals surface area contributed by atoms with Gasteiger partial charge in [0.05, 0.1) is 11.7 Å². The molecule has 0 radical (unpaired) electrons. The van der Waals surface area contributed by atoms with Crippen LogP contribution in [0.4, 0.5) is 0 Å². The van der Waals surface area contributed by atoms with Gasteiger partial charge in [-0.1, -0.05) is 6.07 Å². The average molecular weight is 329 g/mol. The van der Waals surface area contributed by atoms with Crippen molar-refractivity contribution in [2.75, 3.05) is 19.7 Å². The largest absolute Gasteiger partial charge is 0.390 e. The molecule has 24 heavy (non-hydrogen) atoms. The molecule has 2 heterocycles. The number of ether oxygens (including phenoxy) is 1. The summed E-state index contributed by atoms with van der Waals surface area (Å²) in [6, 6.07) is 6.23. The maximum Gasteiger partial charge on any atom is 0.253 e. The van der Waals surface area contributed by atoms with Crippen LogP contribution in [0.15, 0.2) is 18.2 Å². The lowest BCUT2D eigenvalue weighted by atomic mass is 9.82. The van der Waals surface area contributed by atoms with Crippen LogP contribution in [0.1, 0.15) is 60.0 Å². The highest BCUT2D eigenvalue weighted by atomic mass is 16.5. The Labute approximate surface area is 143 Å². The molecule has 2 saturated heterocycles. The molecule has 4 rings (SSSR count). The molecule has 130 valence electrons. The van der Waals surface area contributed by atoms with E-state index in [0.717, 1.165) is 50.7 Å². The lowest BCUT2D eigenvalue weighted by molar-refractivity contribution is -0.174. The number of carbonyl (C=O) groups is 1. The third kappa shape index (κ3) is 2.86. The number of piperidine rings is 1. The van der Waals surface area contributed by atoms with E-state index in [2.05, 4.69) is 12.1 Å². The van der Waals surface area contributed by atoms with Crippen LogP contribution < -0.4 is 0 Å². The molecule has 2 aliphatic heterocycles. The van der Waals surface area contributed by atoms with Crippen LogP contribution in [-0.2, 0) is 17.6 Å². The normalized spacial score (nSPS) is 26.2. The van der Waals surface area contributed by atoms with Crippen molar-refractivity contribution < 1.29 is 14.6 Å². The van der Waals surface area contributed by atoms with E-state index in [1.54, 1.807) is 0 Å². The second-order valence-corrected chi connectivity index (χ2v) is 7.55. The molecule has 1 aromatic rings. The zero-order valence-corrected chi connectivity index (χ0v) is 14.3. The maximum atomic E-state index is 12.9. The first-order valence-electron chi connectivity index (χ1n) is 9.41. The topological polar surface area (TPSA) is 49.8 Å². The number of fused-ring (bicyclic) bond motifs is 1. The van der Waals surface area contributed by atoms with Gasteiger partial charge in [0, 0.05) is 25.3 Å². The molecule has 1 N–H and O–H groups in total. The van der Waals surface area contributed by atoms with Gasteiger partial charge in [0.1, 0.15) is 0 Å². The number of benzene rings is 1. The zero-order valence-electron chi connectivity index (χ0n) is 14.3. The minimum absolute atomic E-state index is 0.128. The summed E-state index contributed by atoms with van der Waals surface area (Å²) in [5, 5.41) is 10.3. The lowest BCUT2D eigenvalue weighted by Gasteiger charge is -2.46. The van der Waals surface area contributed by atoms with Gasteiger partial charge in [-0.3, -0.25) is 4.79 Å². The van der Waals surface area contributed by atoms with Crippen molar-refractivity contribution in [3.63, 3.8) is 0 Å². The first-order valence-corrected chi connectivity index (χ1v) is 9.41. The number of hydrogen-bond acceptors (Lipinski definition) is 3. The fraction of sp³-hybridized carbons (Fsp3) is 0.650. The molecule has 1 atom stereocenters. The minimum Gasteiger partial charge on any atom is -0.390 e. The number of nitrogens with zero attached hydrogens (tertiary/aromatic N) is 1. The van der Waals surface area contributed by atoms with Gasteiger partial charge in [0.25, 0.3) is 5.91 Å².